The van der Waals surface area contributed by atoms with E-state index in [1.807, 2.05) is 0 Å². The lowest BCUT2D eigenvalue weighted by Crippen LogP contribution is -2.47. The summed E-state index contributed by atoms with van der Waals surface area (Å²) >= 11 is 0. The van der Waals surface area contributed by atoms with Gasteiger partial charge in [0.15, 0.2) is 0 Å². The van der Waals surface area contributed by atoms with E-state index in [0.717, 1.165) is 19.3 Å². The van der Waals surface area contributed by atoms with E-state index in [-0.39, 0.29) is 6.03 Å². The molecule has 1 saturated heterocycles. The summed E-state index contributed by atoms with van der Waals surface area (Å²) in [5, 5.41) is 8.96. The van der Waals surface area contributed by atoms with Crippen molar-refractivity contribution in [1.29, 1.82) is 0 Å². The zero-order valence-corrected chi connectivity index (χ0v) is 8.85. The maximum absolute atomic E-state index is 11.9. The first-order chi connectivity index (χ1) is 7.11. The van der Waals surface area contributed by atoms with Crippen LogP contribution in [-0.4, -0.2) is 52.6 Å². The van der Waals surface area contributed by atoms with E-state index in [4.69, 9.17) is 5.11 Å². The number of carbonyl (C=O) groups is 2. The number of rotatable bonds is 2. The Balaban J connectivity index is 2.01. The van der Waals surface area contributed by atoms with Crippen LogP contribution >= 0.6 is 0 Å². The zero-order chi connectivity index (χ0) is 11.0. The van der Waals surface area contributed by atoms with Crippen molar-refractivity contribution in [2.24, 2.45) is 0 Å². The van der Waals surface area contributed by atoms with Gasteiger partial charge in [0.1, 0.15) is 6.04 Å². The van der Waals surface area contributed by atoms with E-state index in [0.29, 0.717) is 19.0 Å². The SMILES string of the molecule is CN(C(=O)N1CCCC1C(=O)O)C1CC1. The van der Waals surface area contributed by atoms with Crippen molar-refractivity contribution in [2.75, 3.05) is 13.6 Å². The zero-order valence-electron chi connectivity index (χ0n) is 8.85. The Hall–Kier alpha value is -1.26. The van der Waals surface area contributed by atoms with Crippen molar-refractivity contribution < 1.29 is 14.7 Å². The van der Waals surface area contributed by atoms with Gasteiger partial charge < -0.3 is 14.9 Å². The first-order valence-corrected chi connectivity index (χ1v) is 5.37. The average Bonchev–Trinajstić information content (AvgIpc) is 2.92. The number of hydrogen-bond acceptors (Lipinski definition) is 2. The van der Waals surface area contributed by atoms with Crippen LogP contribution in [0.1, 0.15) is 25.7 Å². The molecule has 0 aromatic carbocycles. The number of aliphatic carboxylic acids is 1. The monoisotopic (exact) mass is 212 g/mol. The number of urea groups is 1. The molecule has 1 aliphatic heterocycles. The van der Waals surface area contributed by atoms with Crippen molar-refractivity contribution in [1.82, 2.24) is 9.80 Å². The summed E-state index contributed by atoms with van der Waals surface area (Å²) in [7, 11) is 1.76. The second-order valence-corrected chi connectivity index (χ2v) is 4.31. The fraction of sp³-hybridized carbons (Fsp3) is 0.800. The lowest BCUT2D eigenvalue weighted by Gasteiger charge is -2.27. The molecule has 2 amide bonds. The summed E-state index contributed by atoms with van der Waals surface area (Å²) < 4.78 is 0. The van der Waals surface area contributed by atoms with Crippen LogP contribution in [0.5, 0.6) is 0 Å². The average molecular weight is 212 g/mol. The van der Waals surface area contributed by atoms with E-state index in [2.05, 4.69) is 0 Å². The van der Waals surface area contributed by atoms with Gasteiger partial charge in [0.2, 0.25) is 0 Å². The van der Waals surface area contributed by atoms with Crippen LogP contribution in [0.15, 0.2) is 0 Å². The van der Waals surface area contributed by atoms with Crippen LogP contribution in [-0.2, 0) is 4.79 Å². The molecule has 84 valence electrons. The summed E-state index contributed by atoms with van der Waals surface area (Å²) in [5.41, 5.74) is 0. The minimum atomic E-state index is -0.884. The molecule has 2 aliphatic rings. The molecular formula is C10H16N2O3. The van der Waals surface area contributed by atoms with Crippen molar-refractivity contribution in [3.05, 3.63) is 0 Å². The van der Waals surface area contributed by atoms with E-state index >= 15 is 0 Å². The molecular weight excluding hydrogens is 196 g/mol. The van der Waals surface area contributed by atoms with Gasteiger partial charge in [-0.05, 0) is 25.7 Å². The van der Waals surface area contributed by atoms with Gasteiger partial charge in [-0.1, -0.05) is 0 Å². The predicted octanol–water partition coefficient (Wildman–Crippen LogP) is 0.750. The molecule has 0 aromatic rings. The van der Waals surface area contributed by atoms with Crippen LogP contribution in [0.25, 0.3) is 0 Å². The maximum Gasteiger partial charge on any atom is 0.326 e. The Labute approximate surface area is 88.6 Å². The normalized spacial score (nSPS) is 25.4. The molecule has 0 radical (unpaired) electrons. The van der Waals surface area contributed by atoms with Gasteiger partial charge in [-0.25, -0.2) is 9.59 Å². The van der Waals surface area contributed by atoms with E-state index < -0.39 is 12.0 Å². The molecule has 5 heteroatoms. The van der Waals surface area contributed by atoms with Gasteiger partial charge in [0.05, 0.1) is 0 Å². The molecule has 2 fully saturated rings. The maximum atomic E-state index is 11.9. The first kappa shape index (κ1) is 10.3. The highest BCUT2D eigenvalue weighted by atomic mass is 16.4. The summed E-state index contributed by atoms with van der Waals surface area (Å²) in [6.45, 7) is 0.576. The Kier molecular flexibility index (Phi) is 2.54. The van der Waals surface area contributed by atoms with Crippen LogP contribution < -0.4 is 0 Å². The van der Waals surface area contributed by atoms with Gasteiger partial charge >= 0.3 is 12.0 Å². The molecule has 1 unspecified atom stereocenters. The van der Waals surface area contributed by atoms with Crippen molar-refractivity contribution in [3.8, 4) is 0 Å². The van der Waals surface area contributed by atoms with Crippen molar-refractivity contribution in [2.45, 2.75) is 37.8 Å². The van der Waals surface area contributed by atoms with Gasteiger partial charge in [0.25, 0.3) is 0 Å². The largest absolute Gasteiger partial charge is 0.480 e. The topological polar surface area (TPSA) is 60.9 Å². The molecule has 1 N–H and O–H groups in total. The number of carboxylic acid groups (broad SMARTS) is 1. The minimum absolute atomic E-state index is 0.123. The Bertz CT molecular complexity index is 288. The molecule has 0 bridgehead atoms. The molecule has 1 heterocycles. The molecule has 1 aliphatic carbocycles. The lowest BCUT2D eigenvalue weighted by molar-refractivity contribution is -0.141. The minimum Gasteiger partial charge on any atom is -0.480 e. The third kappa shape index (κ3) is 1.91. The number of hydrogen-bond donors (Lipinski definition) is 1. The third-order valence-corrected chi connectivity index (χ3v) is 3.18. The van der Waals surface area contributed by atoms with Gasteiger partial charge in [-0.3, -0.25) is 0 Å². The highest BCUT2D eigenvalue weighted by Crippen LogP contribution is 2.28. The molecule has 1 atom stereocenters. The molecule has 0 aromatic heterocycles. The van der Waals surface area contributed by atoms with Crippen LogP contribution in [0.2, 0.25) is 0 Å². The molecule has 2 rings (SSSR count). The molecule has 1 saturated carbocycles. The highest BCUT2D eigenvalue weighted by molar-refractivity contribution is 5.83. The predicted molar refractivity (Wildman–Crippen MR) is 53.5 cm³/mol. The van der Waals surface area contributed by atoms with Crippen molar-refractivity contribution in [3.63, 3.8) is 0 Å². The number of carbonyl (C=O) groups excluding carboxylic acids is 1. The summed E-state index contributed by atoms with van der Waals surface area (Å²) in [4.78, 5) is 26.0. The Morgan fingerprint density at radius 3 is 2.53 bits per heavy atom. The number of nitrogens with zero attached hydrogens (tertiary/aromatic N) is 2. The fourth-order valence-corrected chi connectivity index (χ4v) is 2.07. The van der Waals surface area contributed by atoms with E-state index in [1.165, 1.54) is 4.90 Å². The summed E-state index contributed by atoms with van der Waals surface area (Å²) in [5.74, 6) is -0.884. The molecule has 15 heavy (non-hydrogen) atoms. The second kappa shape index (κ2) is 3.72. The van der Waals surface area contributed by atoms with E-state index in [1.54, 1.807) is 11.9 Å². The van der Waals surface area contributed by atoms with Gasteiger partial charge in [0, 0.05) is 19.6 Å². The van der Waals surface area contributed by atoms with Crippen LogP contribution in [0, 0.1) is 0 Å². The molecule has 5 nitrogen and oxygen atoms in total. The van der Waals surface area contributed by atoms with Crippen LogP contribution in [0.4, 0.5) is 4.79 Å². The Morgan fingerprint density at radius 2 is 2.00 bits per heavy atom. The summed E-state index contributed by atoms with van der Waals surface area (Å²) in [6.07, 6.45) is 3.47. The number of likely N-dealkylation sites (tertiary alicyclic amines) is 1. The quantitative estimate of drug-likeness (QED) is 0.734. The standard InChI is InChI=1S/C10H16N2O3/c1-11(7-4-5-7)10(15)12-6-2-3-8(12)9(13)14/h7-8H,2-6H2,1H3,(H,13,14). The first-order valence-electron chi connectivity index (χ1n) is 5.37. The lowest BCUT2D eigenvalue weighted by atomic mass is 10.2. The second-order valence-electron chi connectivity index (χ2n) is 4.31. The Morgan fingerprint density at radius 1 is 1.33 bits per heavy atom. The fourth-order valence-electron chi connectivity index (χ4n) is 2.07. The van der Waals surface area contributed by atoms with Crippen molar-refractivity contribution >= 4 is 12.0 Å². The third-order valence-electron chi connectivity index (χ3n) is 3.18. The molecule has 0 spiro atoms. The number of amides is 2. The van der Waals surface area contributed by atoms with Crippen LogP contribution in [0.3, 0.4) is 0 Å². The highest BCUT2D eigenvalue weighted by Gasteiger charge is 2.39. The number of carboxylic acids is 1. The summed E-state index contributed by atoms with van der Waals surface area (Å²) in [6, 6.07) is -0.395. The van der Waals surface area contributed by atoms with E-state index in [9.17, 15) is 9.59 Å². The van der Waals surface area contributed by atoms with Gasteiger partial charge in [-0.15, -0.1) is 0 Å². The smallest absolute Gasteiger partial charge is 0.326 e. The van der Waals surface area contributed by atoms with Gasteiger partial charge in [-0.2, -0.15) is 0 Å².